The monoisotopic (exact) mass is 307 g/mol. The van der Waals surface area contributed by atoms with Gasteiger partial charge in [0.1, 0.15) is 17.1 Å². The highest BCUT2D eigenvalue weighted by Gasteiger charge is 2.08. The molecule has 3 rings (SSSR count). The van der Waals surface area contributed by atoms with Crippen molar-refractivity contribution < 1.29 is 5.11 Å². The lowest BCUT2D eigenvalue weighted by atomic mass is 10.1. The predicted molar refractivity (Wildman–Crippen MR) is 89.4 cm³/mol. The zero-order valence-electron chi connectivity index (χ0n) is 13.2. The van der Waals surface area contributed by atoms with Gasteiger partial charge in [-0.1, -0.05) is 5.92 Å². The van der Waals surface area contributed by atoms with Crippen LogP contribution < -0.4 is 5.32 Å². The molecule has 0 radical (unpaired) electrons. The first-order chi connectivity index (χ1) is 11.0. The predicted octanol–water partition coefficient (Wildman–Crippen LogP) is 1.98. The summed E-state index contributed by atoms with van der Waals surface area (Å²) >= 11 is 0. The minimum atomic E-state index is -1.05. The van der Waals surface area contributed by atoms with Gasteiger partial charge in [-0.2, -0.15) is 4.98 Å². The van der Waals surface area contributed by atoms with Crippen LogP contribution in [0, 0.1) is 11.8 Å². The quantitative estimate of drug-likeness (QED) is 0.708. The minimum absolute atomic E-state index is 0.556. The van der Waals surface area contributed by atoms with Crippen LogP contribution in [0.5, 0.6) is 0 Å². The van der Waals surface area contributed by atoms with Crippen molar-refractivity contribution in [3.8, 4) is 17.7 Å². The fraction of sp³-hybridized carbons (Fsp3) is 0.235. The lowest BCUT2D eigenvalue weighted by Gasteiger charge is -2.07. The number of hydrogen-bond acceptors (Lipinski definition) is 5. The number of nitrogens with zero attached hydrogens (tertiary/aromatic N) is 4. The molecule has 0 atom stereocenters. The second-order valence-electron chi connectivity index (χ2n) is 5.61. The summed E-state index contributed by atoms with van der Waals surface area (Å²) in [5.74, 6) is 6.98. The van der Waals surface area contributed by atoms with Gasteiger partial charge in [0.2, 0.25) is 5.95 Å². The van der Waals surface area contributed by atoms with Crippen LogP contribution in [0.15, 0.2) is 36.8 Å². The molecule has 0 aliphatic heterocycles. The van der Waals surface area contributed by atoms with Gasteiger partial charge in [-0.05, 0) is 38.0 Å². The minimum Gasteiger partial charge on any atom is -0.378 e. The van der Waals surface area contributed by atoms with E-state index in [0.717, 1.165) is 16.7 Å². The maximum Gasteiger partial charge on any atom is 0.224 e. The highest BCUT2D eigenvalue weighted by Crippen LogP contribution is 2.19. The Morgan fingerprint density at radius 3 is 2.83 bits per heavy atom. The number of aliphatic hydroxyl groups is 1. The maximum absolute atomic E-state index is 9.71. The van der Waals surface area contributed by atoms with Gasteiger partial charge in [0.05, 0.1) is 5.52 Å². The van der Waals surface area contributed by atoms with E-state index in [1.165, 1.54) is 0 Å². The Labute approximate surface area is 134 Å². The molecule has 6 heteroatoms. The Hall–Kier alpha value is -2.91. The van der Waals surface area contributed by atoms with Gasteiger partial charge < -0.3 is 15.0 Å². The van der Waals surface area contributed by atoms with Crippen molar-refractivity contribution in [3.05, 3.63) is 42.5 Å². The SMILES string of the molecule is CNc1nccc(-n2ccc3cnc(C#CC(C)(C)O)cc32)n1. The van der Waals surface area contributed by atoms with Crippen molar-refractivity contribution in [2.75, 3.05) is 12.4 Å². The van der Waals surface area contributed by atoms with Gasteiger partial charge in [-0.3, -0.25) is 0 Å². The summed E-state index contributed by atoms with van der Waals surface area (Å²) in [5, 5.41) is 13.6. The Balaban J connectivity index is 2.09. The second-order valence-corrected chi connectivity index (χ2v) is 5.61. The molecule has 23 heavy (non-hydrogen) atoms. The molecule has 6 nitrogen and oxygen atoms in total. The van der Waals surface area contributed by atoms with Crippen LogP contribution in [0.2, 0.25) is 0 Å². The van der Waals surface area contributed by atoms with E-state index in [1.54, 1.807) is 33.3 Å². The summed E-state index contributed by atoms with van der Waals surface area (Å²) in [6.45, 7) is 3.28. The second kappa shape index (κ2) is 5.71. The number of rotatable bonds is 2. The van der Waals surface area contributed by atoms with Crippen molar-refractivity contribution in [1.82, 2.24) is 19.5 Å². The molecule has 0 unspecified atom stereocenters. The van der Waals surface area contributed by atoms with E-state index in [9.17, 15) is 5.11 Å². The molecule has 116 valence electrons. The molecule has 0 bridgehead atoms. The number of aromatic nitrogens is 4. The molecular formula is C17H17N5O. The molecule has 0 fully saturated rings. The van der Waals surface area contributed by atoms with Crippen LogP contribution in [-0.4, -0.2) is 37.3 Å². The molecular weight excluding hydrogens is 290 g/mol. The summed E-state index contributed by atoms with van der Waals surface area (Å²) in [7, 11) is 1.78. The smallest absolute Gasteiger partial charge is 0.224 e. The van der Waals surface area contributed by atoms with E-state index < -0.39 is 5.60 Å². The van der Waals surface area contributed by atoms with Crippen LogP contribution >= 0.6 is 0 Å². The molecule has 3 heterocycles. The number of pyridine rings is 1. The molecule has 0 spiro atoms. The third kappa shape index (κ3) is 3.30. The van der Waals surface area contributed by atoms with E-state index in [0.29, 0.717) is 11.6 Å². The number of anilines is 1. The Kier molecular flexibility index (Phi) is 3.72. The summed E-state index contributed by atoms with van der Waals surface area (Å²) in [4.78, 5) is 12.9. The van der Waals surface area contributed by atoms with Crippen LogP contribution in [-0.2, 0) is 0 Å². The van der Waals surface area contributed by atoms with Crippen molar-refractivity contribution in [3.63, 3.8) is 0 Å². The van der Waals surface area contributed by atoms with E-state index in [1.807, 2.05) is 29.0 Å². The normalized spacial score (nSPS) is 11.1. The summed E-state index contributed by atoms with van der Waals surface area (Å²) in [6, 6.07) is 5.69. The average molecular weight is 307 g/mol. The first-order valence-electron chi connectivity index (χ1n) is 7.20. The zero-order chi connectivity index (χ0) is 16.4. The molecule has 0 aliphatic rings. The van der Waals surface area contributed by atoms with Crippen LogP contribution in [0.3, 0.4) is 0 Å². The lowest BCUT2D eigenvalue weighted by Crippen LogP contribution is -2.14. The first kappa shape index (κ1) is 15.0. The van der Waals surface area contributed by atoms with Gasteiger partial charge in [-0.15, -0.1) is 0 Å². The highest BCUT2D eigenvalue weighted by atomic mass is 16.3. The van der Waals surface area contributed by atoms with E-state index >= 15 is 0 Å². The number of fused-ring (bicyclic) bond motifs is 1. The Morgan fingerprint density at radius 2 is 2.09 bits per heavy atom. The molecule has 0 saturated carbocycles. The Bertz CT molecular complexity index is 912. The molecule has 0 saturated heterocycles. The van der Waals surface area contributed by atoms with Crippen molar-refractivity contribution in [1.29, 1.82) is 0 Å². The van der Waals surface area contributed by atoms with Crippen molar-refractivity contribution in [2.45, 2.75) is 19.4 Å². The average Bonchev–Trinajstić information content (AvgIpc) is 2.95. The van der Waals surface area contributed by atoms with Crippen molar-refractivity contribution >= 4 is 16.9 Å². The van der Waals surface area contributed by atoms with Gasteiger partial charge in [-0.25, -0.2) is 9.97 Å². The standard InChI is InChI=1S/C17H17N5O/c1-17(2,23)7-4-13-10-14-12(11-20-13)6-9-22(14)15-5-8-19-16(18-3)21-15/h5-6,8-11,23H,1-3H3,(H,18,19,21). The van der Waals surface area contributed by atoms with Gasteiger partial charge >= 0.3 is 0 Å². The fourth-order valence-corrected chi connectivity index (χ4v) is 2.12. The molecule has 3 aromatic heterocycles. The third-order valence-electron chi connectivity index (χ3n) is 3.18. The van der Waals surface area contributed by atoms with Gasteiger partial charge in [0.15, 0.2) is 0 Å². The fourth-order valence-electron chi connectivity index (χ4n) is 2.12. The van der Waals surface area contributed by atoms with Crippen LogP contribution in [0.1, 0.15) is 19.5 Å². The van der Waals surface area contributed by atoms with E-state index in [4.69, 9.17) is 0 Å². The summed E-state index contributed by atoms with van der Waals surface area (Å²) in [5.41, 5.74) is 0.496. The molecule has 0 amide bonds. The van der Waals surface area contributed by atoms with Gasteiger partial charge in [0, 0.05) is 31.0 Å². The van der Waals surface area contributed by atoms with Gasteiger partial charge in [0.25, 0.3) is 0 Å². The number of nitrogens with one attached hydrogen (secondary N) is 1. The molecule has 0 aromatic carbocycles. The topological polar surface area (TPSA) is 75.9 Å². The zero-order valence-corrected chi connectivity index (χ0v) is 13.2. The molecule has 0 aliphatic carbocycles. The van der Waals surface area contributed by atoms with E-state index in [-0.39, 0.29) is 0 Å². The Morgan fingerprint density at radius 1 is 1.26 bits per heavy atom. The lowest BCUT2D eigenvalue weighted by molar-refractivity contribution is 0.143. The number of hydrogen-bond donors (Lipinski definition) is 2. The first-order valence-corrected chi connectivity index (χ1v) is 7.20. The van der Waals surface area contributed by atoms with E-state index in [2.05, 4.69) is 32.1 Å². The van der Waals surface area contributed by atoms with Crippen LogP contribution in [0.25, 0.3) is 16.7 Å². The molecule has 2 N–H and O–H groups in total. The van der Waals surface area contributed by atoms with Crippen LogP contribution in [0.4, 0.5) is 5.95 Å². The maximum atomic E-state index is 9.71. The summed E-state index contributed by atoms with van der Waals surface area (Å²) in [6.07, 6.45) is 5.40. The summed E-state index contributed by atoms with van der Waals surface area (Å²) < 4.78 is 1.95. The van der Waals surface area contributed by atoms with Crippen molar-refractivity contribution in [2.24, 2.45) is 0 Å². The molecule has 3 aromatic rings. The highest BCUT2D eigenvalue weighted by molar-refractivity contribution is 5.81. The third-order valence-corrected chi connectivity index (χ3v) is 3.18. The largest absolute Gasteiger partial charge is 0.378 e.